The van der Waals surface area contributed by atoms with Gasteiger partial charge >= 0.3 is 18.3 Å². The number of hydrogen-bond acceptors (Lipinski definition) is 7. The summed E-state index contributed by atoms with van der Waals surface area (Å²) in [6, 6.07) is 13.4. The number of aliphatic hydroxyl groups is 2. The minimum absolute atomic E-state index is 0.121. The SMILES string of the molecule is O=C(OCCO)[C@@H]1CN(Cc2ccncc2)CCN1Cc1ccc(-c2ccc(C(O)(C(F)(F)F)C(F)(F)F)cc2)cc1. The average Bonchev–Trinajstić information content (AvgIpc) is 2.96. The minimum atomic E-state index is -5.96. The Labute approximate surface area is 238 Å². The Bertz CT molecular complexity index is 1300. The van der Waals surface area contributed by atoms with Crippen LogP contribution in [0.2, 0.25) is 0 Å². The molecule has 0 saturated carbocycles. The van der Waals surface area contributed by atoms with Gasteiger partial charge in [-0.2, -0.15) is 26.3 Å². The van der Waals surface area contributed by atoms with Gasteiger partial charge in [-0.05, 0) is 34.4 Å². The molecule has 1 aliphatic heterocycles. The monoisotopic (exact) mass is 597 g/mol. The molecule has 1 fully saturated rings. The standard InChI is InChI=1S/C29H29F6N3O4/c30-28(31,32)27(41,29(33,34)35)24-7-5-23(6-8-24)22-3-1-20(2-4-22)18-38-14-13-37(17-21-9-11-36-12-10-21)19-25(38)26(40)42-16-15-39/h1-12,25,39,41H,13-19H2/t25-/m0/s1. The van der Waals surface area contributed by atoms with Crippen LogP contribution < -0.4 is 0 Å². The summed E-state index contributed by atoms with van der Waals surface area (Å²) in [5, 5.41) is 18.7. The van der Waals surface area contributed by atoms with E-state index in [1.807, 2.05) is 17.0 Å². The van der Waals surface area contributed by atoms with Crippen LogP contribution in [-0.2, 0) is 28.2 Å². The molecular weight excluding hydrogens is 568 g/mol. The lowest BCUT2D eigenvalue weighted by Crippen LogP contribution is -2.56. The number of piperazine rings is 1. The number of pyridine rings is 1. The molecule has 226 valence electrons. The average molecular weight is 598 g/mol. The number of rotatable bonds is 9. The highest BCUT2D eigenvalue weighted by Gasteiger charge is 2.71. The summed E-state index contributed by atoms with van der Waals surface area (Å²) < 4.78 is 84.3. The fourth-order valence-electron chi connectivity index (χ4n) is 4.85. The Kier molecular flexibility index (Phi) is 9.56. The van der Waals surface area contributed by atoms with Gasteiger partial charge in [0.15, 0.2) is 0 Å². The molecule has 0 amide bonds. The molecule has 0 radical (unpaired) electrons. The summed E-state index contributed by atoms with van der Waals surface area (Å²) in [5.41, 5.74) is -3.56. The van der Waals surface area contributed by atoms with E-state index in [1.54, 1.807) is 36.7 Å². The number of nitrogens with zero attached hydrogens (tertiary/aromatic N) is 3. The number of esters is 1. The maximum absolute atomic E-state index is 13.2. The van der Waals surface area contributed by atoms with Crippen molar-refractivity contribution in [3.63, 3.8) is 0 Å². The third-order valence-corrected chi connectivity index (χ3v) is 7.13. The van der Waals surface area contributed by atoms with Crippen molar-refractivity contribution in [2.24, 2.45) is 0 Å². The number of benzene rings is 2. The molecule has 0 unspecified atom stereocenters. The first-order chi connectivity index (χ1) is 19.8. The first-order valence-electron chi connectivity index (χ1n) is 13.0. The molecule has 13 heteroatoms. The normalized spacial score (nSPS) is 17.3. The molecule has 3 aromatic rings. The topological polar surface area (TPSA) is 86.1 Å². The lowest BCUT2D eigenvalue weighted by Gasteiger charge is -2.40. The zero-order chi connectivity index (χ0) is 30.5. The van der Waals surface area contributed by atoms with Gasteiger partial charge in [0.05, 0.1) is 6.61 Å². The summed E-state index contributed by atoms with van der Waals surface area (Å²) in [7, 11) is 0. The molecule has 2 N–H and O–H groups in total. The Hall–Kier alpha value is -3.52. The second-order valence-electron chi connectivity index (χ2n) is 9.95. The quantitative estimate of drug-likeness (QED) is 0.281. The molecule has 7 nitrogen and oxygen atoms in total. The molecule has 4 rings (SSSR count). The van der Waals surface area contributed by atoms with E-state index in [-0.39, 0.29) is 13.2 Å². The number of carbonyl (C=O) groups is 1. The van der Waals surface area contributed by atoms with Crippen molar-refractivity contribution in [3.8, 4) is 11.1 Å². The number of aliphatic hydroxyl groups excluding tert-OH is 1. The predicted octanol–water partition coefficient (Wildman–Crippen LogP) is 4.28. The number of ether oxygens (including phenoxy) is 1. The highest BCUT2D eigenvalue weighted by atomic mass is 19.4. The van der Waals surface area contributed by atoms with E-state index in [2.05, 4.69) is 9.88 Å². The lowest BCUT2D eigenvalue weighted by atomic mass is 9.90. The van der Waals surface area contributed by atoms with Gasteiger partial charge < -0.3 is 14.9 Å². The van der Waals surface area contributed by atoms with E-state index in [0.29, 0.717) is 56.0 Å². The molecule has 1 atom stereocenters. The van der Waals surface area contributed by atoms with E-state index in [9.17, 15) is 36.2 Å². The van der Waals surface area contributed by atoms with E-state index >= 15 is 0 Å². The van der Waals surface area contributed by atoms with Crippen molar-refractivity contribution in [1.29, 1.82) is 0 Å². The van der Waals surface area contributed by atoms with Crippen LogP contribution in [0, 0.1) is 0 Å². The van der Waals surface area contributed by atoms with E-state index in [4.69, 9.17) is 9.84 Å². The van der Waals surface area contributed by atoms with Crippen LogP contribution in [0.1, 0.15) is 16.7 Å². The lowest BCUT2D eigenvalue weighted by molar-refractivity contribution is -0.376. The van der Waals surface area contributed by atoms with Gasteiger partial charge in [0.2, 0.25) is 0 Å². The van der Waals surface area contributed by atoms with Crippen LogP contribution in [-0.4, -0.2) is 82.2 Å². The van der Waals surface area contributed by atoms with E-state index in [1.165, 1.54) is 0 Å². The second kappa shape index (κ2) is 12.8. The summed E-state index contributed by atoms with van der Waals surface area (Å²) in [6.45, 7) is 2.21. The molecule has 2 aromatic carbocycles. The first-order valence-corrected chi connectivity index (χ1v) is 13.0. The van der Waals surface area contributed by atoms with Gasteiger partial charge in [0, 0.05) is 50.7 Å². The fourth-order valence-corrected chi connectivity index (χ4v) is 4.85. The van der Waals surface area contributed by atoms with Gasteiger partial charge in [-0.3, -0.25) is 19.6 Å². The van der Waals surface area contributed by atoms with Crippen molar-refractivity contribution < 1.29 is 46.1 Å². The van der Waals surface area contributed by atoms with E-state index in [0.717, 1.165) is 23.3 Å². The molecular formula is C29H29F6N3O4. The first kappa shape index (κ1) is 31.4. The van der Waals surface area contributed by atoms with Crippen LogP contribution in [0.25, 0.3) is 11.1 Å². The van der Waals surface area contributed by atoms with Crippen LogP contribution in [0.15, 0.2) is 73.1 Å². The van der Waals surface area contributed by atoms with Crippen molar-refractivity contribution in [2.45, 2.75) is 37.1 Å². The van der Waals surface area contributed by atoms with Crippen LogP contribution >= 0.6 is 0 Å². The zero-order valence-electron chi connectivity index (χ0n) is 22.3. The summed E-state index contributed by atoms with van der Waals surface area (Å²) in [5.74, 6) is -0.460. The second-order valence-corrected chi connectivity index (χ2v) is 9.95. The number of hydrogen-bond donors (Lipinski definition) is 2. The maximum atomic E-state index is 13.2. The Balaban J connectivity index is 1.47. The molecule has 42 heavy (non-hydrogen) atoms. The Morgan fingerprint density at radius 3 is 1.93 bits per heavy atom. The summed E-state index contributed by atoms with van der Waals surface area (Å²) in [6.07, 6.45) is -8.52. The van der Waals surface area contributed by atoms with Crippen LogP contribution in [0.4, 0.5) is 26.3 Å². The molecule has 1 aromatic heterocycles. The third kappa shape index (κ3) is 6.92. The highest BCUT2D eigenvalue weighted by Crippen LogP contribution is 2.50. The van der Waals surface area contributed by atoms with Gasteiger partial charge in [0.25, 0.3) is 5.60 Å². The number of alkyl halides is 6. The van der Waals surface area contributed by atoms with Crippen LogP contribution in [0.5, 0.6) is 0 Å². The third-order valence-electron chi connectivity index (χ3n) is 7.13. The van der Waals surface area contributed by atoms with Crippen molar-refractivity contribution in [2.75, 3.05) is 32.8 Å². The number of halogens is 6. The van der Waals surface area contributed by atoms with Crippen molar-refractivity contribution >= 4 is 5.97 Å². The number of aromatic nitrogens is 1. The fraction of sp³-hybridized carbons (Fsp3) is 0.379. The molecule has 0 bridgehead atoms. The molecule has 0 aliphatic carbocycles. The molecule has 2 heterocycles. The molecule has 0 spiro atoms. The molecule has 1 saturated heterocycles. The van der Waals surface area contributed by atoms with Crippen molar-refractivity contribution in [3.05, 3.63) is 89.7 Å². The smallest absolute Gasteiger partial charge is 0.430 e. The maximum Gasteiger partial charge on any atom is 0.430 e. The highest BCUT2D eigenvalue weighted by molar-refractivity contribution is 5.76. The predicted molar refractivity (Wildman–Crippen MR) is 140 cm³/mol. The number of carbonyl (C=O) groups excluding carboxylic acids is 1. The largest absolute Gasteiger partial charge is 0.462 e. The Morgan fingerprint density at radius 1 is 0.833 bits per heavy atom. The molecule has 1 aliphatic rings. The summed E-state index contributed by atoms with van der Waals surface area (Å²) in [4.78, 5) is 20.9. The summed E-state index contributed by atoms with van der Waals surface area (Å²) >= 11 is 0. The van der Waals surface area contributed by atoms with E-state index < -0.39 is 35.5 Å². The van der Waals surface area contributed by atoms with Gasteiger partial charge in [0.1, 0.15) is 12.6 Å². The van der Waals surface area contributed by atoms with Gasteiger partial charge in [-0.1, -0.05) is 48.5 Å². The van der Waals surface area contributed by atoms with Gasteiger partial charge in [-0.25, -0.2) is 0 Å². The van der Waals surface area contributed by atoms with Crippen molar-refractivity contribution in [1.82, 2.24) is 14.8 Å². The van der Waals surface area contributed by atoms with Crippen LogP contribution in [0.3, 0.4) is 0 Å². The zero-order valence-corrected chi connectivity index (χ0v) is 22.3. The minimum Gasteiger partial charge on any atom is -0.462 e. The Morgan fingerprint density at radius 2 is 1.38 bits per heavy atom. The van der Waals surface area contributed by atoms with Gasteiger partial charge in [-0.15, -0.1) is 0 Å².